The molecule has 0 aliphatic rings. The van der Waals surface area contributed by atoms with Crippen LogP contribution in [0.15, 0.2) is 30.3 Å². The Hall–Kier alpha value is -1.60. The van der Waals surface area contributed by atoms with Gasteiger partial charge >= 0.3 is 16.2 Å². The lowest BCUT2D eigenvalue weighted by Crippen LogP contribution is -2.32. The van der Waals surface area contributed by atoms with Crippen LogP contribution < -0.4 is 15.2 Å². The molecule has 0 aliphatic heterocycles. The first-order chi connectivity index (χ1) is 6.47. The van der Waals surface area contributed by atoms with Gasteiger partial charge in [-0.15, -0.1) is 0 Å². The number of carbonyl (C=O) groups is 1. The van der Waals surface area contributed by atoms with Gasteiger partial charge in [-0.2, -0.15) is 8.42 Å². The molecule has 0 atom stereocenters. The number of anilines is 1. The smallest absolute Gasteiger partial charge is 0.305 e. The number of amides is 2. The third-order valence-electron chi connectivity index (χ3n) is 1.24. The summed E-state index contributed by atoms with van der Waals surface area (Å²) in [7, 11) is -4.13. The highest BCUT2D eigenvalue weighted by Gasteiger charge is 2.11. The fourth-order valence-corrected chi connectivity index (χ4v) is 1.06. The first kappa shape index (κ1) is 10.5. The maximum absolute atomic E-state index is 10.9. The summed E-state index contributed by atoms with van der Waals surface area (Å²) >= 11 is 0. The van der Waals surface area contributed by atoms with Crippen LogP contribution in [0.25, 0.3) is 0 Å². The summed E-state index contributed by atoms with van der Waals surface area (Å²) in [4.78, 5) is 10.9. The van der Waals surface area contributed by atoms with Gasteiger partial charge in [0.25, 0.3) is 0 Å². The van der Waals surface area contributed by atoms with Crippen LogP contribution in [0.2, 0.25) is 0 Å². The minimum Gasteiger partial charge on any atom is -0.305 e. The Morgan fingerprint density at radius 1 is 1.29 bits per heavy atom. The van der Waals surface area contributed by atoms with Gasteiger partial charge in [-0.05, 0) is 12.1 Å². The molecule has 1 aromatic rings. The van der Waals surface area contributed by atoms with E-state index in [0.29, 0.717) is 5.69 Å². The number of carbonyl (C=O) groups excluding carboxylic acids is 1. The lowest BCUT2D eigenvalue weighted by molar-refractivity contribution is 0.256. The van der Waals surface area contributed by atoms with Crippen LogP contribution in [-0.4, -0.2) is 14.4 Å². The number of benzene rings is 1. The van der Waals surface area contributed by atoms with Gasteiger partial charge in [0.15, 0.2) is 0 Å². The summed E-state index contributed by atoms with van der Waals surface area (Å²) < 4.78 is 23.5. The maximum Gasteiger partial charge on any atom is 0.357 e. The number of urea groups is 1. The van der Waals surface area contributed by atoms with Gasteiger partial charge in [-0.25, -0.2) is 9.93 Å². The van der Waals surface area contributed by atoms with E-state index in [1.807, 2.05) is 0 Å². The van der Waals surface area contributed by atoms with Crippen molar-refractivity contribution in [2.45, 2.75) is 0 Å². The normalized spacial score (nSPS) is 10.6. The third kappa shape index (κ3) is 3.87. The SMILES string of the molecule is NS(=O)(=O)[N]C(=O)Nc1ccccc1. The Morgan fingerprint density at radius 3 is 2.36 bits per heavy atom. The zero-order valence-electron chi connectivity index (χ0n) is 7.04. The maximum atomic E-state index is 10.9. The second-order valence-corrected chi connectivity index (χ2v) is 3.61. The average molecular weight is 214 g/mol. The van der Waals surface area contributed by atoms with Crippen LogP contribution in [0.1, 0.15) is 0 Å². The van der Waals surface area contributed by atoms with E-state index in [1.165, 1.54) is 0 Å². The Balaban J connectivity index is 2.59. The second-order valence-electron chi connectivity index (χ2n) is 2.40. The third-order valence-corrected chi connectivity index (χ3v) is 1.66. The first-order valence-corrected chi connectivity index (χ1v) is 5.09. The molecular formula is C7H8N3O3S. The highest BCUT2D eigenvalue weighted by molar-refractivity contribution is 7.87. The van der Waals surface area contributed by atoms with Gasteiger partial charge in [-0.3, -0.25) is 0 Å². The Kier molecular flexibility index (Phi) is 3.05. The first-order valence-electron chi connectivity index (χ1n) is 3.59. The van der Waals surface area contributed by atoms with Crippen molar-refractivity contribution in [1.82, 2.24) is 4.72 Å². The van der Waals surface area contributed by atoms with Crippen molar-refractivity contribution < 1.29 is 13.2 Å². The molecule has 2 amide bonds. The number of nitrogens with two attached hydrogens (primary N) is 1. The van der Waals surface area contributed by atoms with E-state index in [9.17, 15) is 13.2 Å². The number of rotatable bonds is 2. The molecule has 7 heteroatoms. The molecule has 1 aromatic carbocycles. The van der Waals surface area contributed by atoms with Crippen LogP contribution in [-0.2, 0) is 10.2 Å². The Morgan fingerprint density at radius 2 is 1.86 bits per heavy atom. The van der Waals surface area contributed by atoms with E-state index in [2.05, 4.69) is 15.2 Å². The van der Waals surface area contributed by atoms with E-state index in [0.717, 1.165) is 0 Å². The molecule has 0 saturated carbocycles. The lowest BCUT2D eigenvalue weighted by atomic mass is 10.3. The molecule has 0 heterocycles. The molecule has 0 unspecified atom stereocenters. The predicted octanol–water partition coefficient (Wildman–Crippen LogP) is 0.0264. The van der Waals surface area contributed by atoms with Crippen molar-refractivity contribution in [3.63, 3.8) is 0 Å². The number of hydrogen-bond donors (Lipinski definition) is 2. The van der Waals surface area contributed by atoms with Crippen molar-refractivity contribution in [2.24, 2.45) is 5.14 Å². The number of nitrogens with zero attached hydrogens (tertiary/aromatic N) is 1. The molecule has 1 radical (unpaired) electrons. The molecule has 6 nitrogen and oxygen atoms in total. The quantitative estimate of drug-likeness (QED) is 0.725. The minimum atomic E-state index is -4.13. The molecule has 0 fully saturated rings. The summed E-state index contributed by atoms with van der Waals surface area (Å²) in [5, 5.41) is 6.77. The summed E-state index contributed by atoms with van der Waals surface area (Å²) in [5.74, 6) is 0. The zero-order chi connectivity index (χ0) is 10.6. The predicted molar refractivity (Wildman–Crippen MR) is 50.7 cm³/mol. The van der Waals surface area contributed by atoms with E-state index < -0.39 is 16.2 Å². The molecule has 0 bridgehead atoms. The van der Waals surface area contributed by atoms with E-state index in [1.54, 1.807) is 30.3 Å². The van der Waals surface area contributed by atoms with Crippen molar-refractivity contribution in [3.8, 4) is 0 Å². The number of para-hydroxylation sites is 1. The number of nitrogens with one attached hydrogen (secondary N) is 1. The highest BCUT2D eigenvalue weighted by Crippen LogP contribution is 2.04. The minimum absolute atomic E-state index is 0.449. The molecule has 75 valence electrons. The van der Waals surface area contributed by atoms with Crippen LogP contribution in [0.3, 0.4) is 0 Å². The summed E-state index contributed by atoms with van der Waals surface area (Å²) in [5.41, 5.74) is 0.449. The Labute approximate surface area is 81.3 Å². The summed E-state index contributed by atoms with van der Waals surface area (Å²) in [6.07, 6.45) is 0. The van der Waals surface area contributed by atoms with Crippen LogP contribution >= 0.6 is 0 Å². The van der Waals surface area contributed by atoms with Crippen molar-refractivity contribution in [2.75, 3.05) is 5.32 Å². The van der Waals surface area contributed by atoms with E-state index >= 15 is 0 Å². The monoisotopic (exact) mass is 214 g/mol. The molecule has 0 aliphatic carbocycles. The van der Waals surface area contributed by atoms with E-state index in [4.69, 9.17) is 0 Å². The van der Waals surface area contributed by atoms with Gasteiger partial charge in [0.2, 0.25) is 0 Å². The topological polar surface area (TPSA) is 103 Å². The summed E-state index contributed by atoms with van der Waals surface area (Å²) in [6.45, 7) is 0. The molecule has 0 aromatic heterocycles. The van der Waals surface area contributed by atoms with Crippen LogP contribution in [0, 0.1) is 0 Å². The summed E-state index contributed by atoms with van der Waals surface area (Å²) in [6, 6.07) is 7.30. The fourth-order valence-electron chi connectivity index (χ4n) is 0.783. The fraction of sp³-hybridized carbons (Fsp3) is 0. The van der Waals surface area contributed by atoms with Gasteiger partial charge in [-0.1, -0.05) is 22.9 Å². The number of hydrogen-bond acceptors (Lipinski definition) is 3. The van der Waals surface area contributed by atoms with Crippen molar-refractivity contribution in [3.05, 3.63) is 30.3 Å². The van der Waals surface area contributed by atoms with Gasteiger partial charge in [0.05, 0.1) is 0 Å². The average Bonchev–Trinajstić information content (AvgIpc) is 2.02. The molecule has 0 spiro atoms. The standard InChI is InChI=1S/C7H8N3O3S/c8-14(12,13)10-7(11)9-6-4-2-1-3-5-6/h1-5H,(H,9,11)(H2,8,12,13). The molecule has 0 saturated heterocycles. The van der Waals surface area contributed by atoms with Gasteiger partial charge in [0, 0.05) is 5.69 Å². The Bertz CT molecular complexity index is 415. The molecule has 1 rings (SSSR count). The van der Waals surface area contributed by atoms with Crippen LogP contribution in [0.4, 0.5) is 10.5 Å². The lowest BCUT2D eigenvalue weighted by Gasteiger charge is -2.02. The van der Waals surface area contributed by atoms with Crippen LogP contribution in [0.5, 0.6) is 0 Å². The van der Waals surface area contributed by atoms with Gasteiger partial charge in [0.1, 0.15) is 0 Å². The van der Waals surface area contributed by atoms with E-state index in [-0.39, 0.29) is 0 Å². The van der Waals surface area contributed by atoms with Crippen molar-refractivity contribution >= 4 is 21.9 Å². The highest BCUT2D eigenvalue weighted by atomic mass is 32.2. The van der Waals surface area contributed by atoms with Crippen molar-refractivity contribution in [1.29, 1.82) is 0 Å². The molecule has 14 heavy (non-hydrogen) atoms. The zero-order valence-corrected chi connectivity index (χ0v) is 7.86. The largest absolute Gasteiger partial charge is 0.357 e. The molecular weight excluding hydrogens is 206 g/mol. The second kappa shape index (κ2) is 4.07. The molecule has 3 N–H and O–H groups in total. The van der Waals surface area contributed by atoms with Gasteiger partial charge < -0.3 is 5.32 Å².